The minimum absolute atomic E-state index is 0.165. The van der Waals surface area contributed by atoms with Gasteiger partial charge in [0.15, 0.2) is 5.96 Å². The zero-order valence-electron chi connectivity index (χ0n) is 12.8. The Morgan fingerprint density at radius 3 is 2.74 bits per heavy atom. The lowest BCUT2D eigenvalue weighted by atomic mass is 9.87. The highest BCUT2D eigenvalue weighted by atomic mass is 16.5. The average Bonchev–Trinajstić information content (AvgIpc) is 2.81. The predicted octanol–water partition coefficient (Wildman–Crippen LogP) is 1.49. The summed E-state index contributed by atoms with van der Waals surface area (Å²) >= 11 is 0. The van der Waals surface area contributed by atoms with E-state index in [1.165, 1.54) is 20.0 Å². The number of methoxy groups -OCH3 is 1. The maximum absolute atomic E-state index is 11.4. The van der Waals surface area contributed by atoms with Gasteiger partial charge in [0, 0.05) is 26.7 Å². The van der Waals surface area contributed by atoms with Gasteiger partial charge in [0.1, 0.15) is 0 Å². The van der Waals surface area contributed by atoms with Crippen molar-refractivity contribution in [3.63, 3.8) is 0 Å². The Morgan fingerprint density at radius 2 is 2.26 bits per heavy atom. The lowest BCUT2D eigenvalue weighted by Gasteiger charge is -2.26. The van der Waals surface area contributed by atoms with Crippen molar-refractivity contribution in [2.24, 2.45) is 16.3 Å². The van der Waals surface area contributed by atoms with E-state index in [9.17, 15) is 4.79 Å². The number of aliphatic imine (C=N–C) groups is 1. The third-order valence-corrected chi connectivity index (χ3v) is 4.09. The minimum atomic E-state index is -0.192. The molecule has 1 N–H and O–H groups in total. The van der Waals surface area contributed by atoms with Crippen LogP contribution in [0.15, 0.2) is 4.99 Å². The van der Waals surface area contributed by atoms with Crippen molar-refractivity contribution in [2.75, 3.05) is 33.8 Å². The quantitative estimate of drug-likeness (QED) is 0.477. The molecule has 0 radical (unpaired) electrons. The largest absolute Gasteiger partial charge is 0.469 e. The number of esters is 1. The van der Waals surface area contributed by atoms with Gasteiger partial charge in [0.2, 0.25) is 0 Å². The van der Waals surface area contributed by atoms with Crippen molar-refractivity contribution < 1.29 is 9.53 Å². The van der Waals surface area contributed by atoms with Gasteiger partial charge in [-0.2, -0.15) is 0 Å². The smallest absolute Gasteiger partial charge is 0.310 e. The van der Waals surface area contributed by atoms with Crippen LogP contribution in [0.2, 0.25) is 0 Å². The third-order valence-electron chi connectivity index (χ3n) is 4.09. The molecule has 0 spiro atoms. The first-order chi connectivity index (χ1) is 8.95. The number of carbonyl (C=O) groups is 1. The fraction of sp³-hybridized carbons (Fsp3) is 0.857. The van der Waals surface area contributed by atoms with Crippen molar-refractivity contribution in [1.82, 2.24) is 10.2 Å². The molecule has 0 aliphatic carbocycles. The van der Waals surface area contributed by atoms with Crippen LogP contribution in [-0.4, -0.2) is 50.6 Å². The van der Waals surface area contributed by atoms with Gasteiger partial charge in [-0.05, 0) is 18.3 Å². The van der Waals surface area contributed by atoms with Gasteiger partial charge in [0.05, 0.1) is 13.0 Å². The molecule has 1 saturated heterocycles. The molecule has 1 rings (SSSR count). The van der Waals surface area contributed by atoms with Crippen LogP contribution in [0.1, 0.15) is 33.6 Å². The number of nitrogens with one attached hydrogen (secondary N) is 1. The van der Waals surface area contributed by atoms with Gasteiger partial charge < -0.3 is 15.0 Å². The SMILES string of the molecule is CCC1(C)CCN(C(=NC)NCC(C)C(=O)OC)C1. The van der Waals surface area contributed by atoms with E-state index in [1.807, 2.05) is 6.92 Å². The molecule has 1 aliphatic heterocycles. The Hall–Kier alpha value is -1.26. The van der Waals surface area contributed by atoms with Crippen LogP contribution >= 0.6 is 0 Å². The molecule has 19 heavy (non-hydrogen) atoms. The molecule has 2 unspecified atom stereocenters. The lowest BCUT2D eigenvalue weighted by molar-refractivity contribution is -0.144. The van der Waals surface area contributed by atoms with E-state index >= 15 is 0 Å². The highest BCUT2D eigenvalue weighted by Gasteiger charge is 2.33. The Bertz CT molecular complexity index is 344. The molecule has 0 aromatic carbocycles. The van der Waals surface area contributed by atoms with Crippen LogP contribution in [0.4, 0.5) is 0 Å². The van der Waals surface area contributed by atoms with E-state index in [0.29, 0.717) is 12.0 Å². The summed E-state index contributed by atoms with van der Waals surface area (Å²) in [6.07, 6.45) is 2.37. The fourth-order valence-electron chi connectivity index (χ4n) is 2.35. The normalized spacial score (nSPS) is 25.3. The Kier molecular flexibility index (Phi) is 5.63. The lowest BCUT2D eigenvalue weighted by Crippen LogP contribution is -2.43. The summed E-state index contributed by atoms with van der Waals surface area (Å²) in [6.45, 7) is 9.01. The first-order valence-corrected chi connectivity index (χ1v) is 6.99. The van der Waals surface area contributed by atoms with E-state index < -0.39 is 0 Å². The number of ether oxygens (including phenoxy) is 1. The molecule has 1 aliphatic rings. The number of hydrogen-bond acceptors (Lipinski definition) is 3. The van der Waals surface area contributed by atoms with Crippen molar-refractivity contribution in [2.45, 2.75) is 33.6 Å². The van der Waals surface area contributed by atoms with Gasteiger partial charge in [-0.15, -0.1) is 0 Å². The number of carbonyl (C=O) groups excluding carboxylic acids is 1. The topological polar surface area (TPSA) is 53.9 Å². The van der Waals surface area contributed by atoms with E-state index in [-0.39, 0.29) is 11.9 Å². The molecule has 5 nitrogen and oxygen atoms in total. The number of likely N-dealkylation sites (tertiary alicyclic amines) is 1. The molecule has 0 bridgehead atoms. The summed E-state index contributed by atoms with van der Waals surface area (Å²) < 4.78 is 4.72. The molecule has 1 heterocycles. The van der Waals surface area contributed by atoms with Gasteiger partial charge in [-0.25, -0.2) is 0 Å². The number of rotatable bonds is 4. The molecular formula is C14H27N3O2. The summed E-state index contributed by atoms with van der Waals surface area (Å²) in [7, 11) is 3.20. The van der Waals surface area contributed by atoms with Gasteiger partial charge >= 0.3 is 5.97 Å². The summed E-state index contributed by atoms with van der Waals surface area (Å²) in [5.41, 5.74) is 0.381. The number of nitrogens with zero attached hydrogens (tertiary/aromatic N) is 2. The van der Waals surface area contributed by atoms with Crippen LogP contribution in [0, 0.1) is 11.3 Å². The average molecular weight is 269 g/mol. The molecule has 5 heteroatoms. The molecule has 1 fully saturated rings. The van der Waals surface area contributed by atoms with Crippen LogP contribution in [0.3, 0.4) is 0 Å². The highest BCUT2D eigenvalue weighted by Crippen LogP contribution is 2.32. The standard InChI is InChI=1S/C14H27N3O2/c1-6-14(3)7-8-17(10-14)13(15-4)16-9-11(2)12(18)19-5/h11H,6-10H2,1-5H3,(H,15,16). The Labute approximate surface area is 116 Å². The maximum atomic E-state index is 11.4. The Balaban J connectivity index is 2.50. The second-order valence-electron chi connectivity index (χ2n) is 5.69. The van der Waals surface area contributed by atoms with Crippen LogP contribution in [0.5, 0.6) is 0 Å². The first kappa shape index (κ1) is 15.8. The van der Waals surface area contributed by atoms with Crippen LogP contribution < -0.4 is 5.32 Å². The van der Waals surface area contributed by atoms with Crippen molar-refractivity contribution in [1.29, 1.82) is 0 Å². The molecule has 0 aromatic heterocycles. The highest BCUT2D eigenvalue weighted by molar-refractivity contribution is 5.81. The van der Waals surface area contributed by atoms with Gasteiger partial charge in [-0.1, -0.05) is 20.8 Å². The van der Waals surface area contributed by atoms with Crippen molar-refractivity contribution in [3.05, 3.63) is 0 Å². The monoisotopic (exact) mass is 269 g/mol. The van der Waals surface area contributed by atoms with Crippen LogP contribution in [-0.2, 0) is 9.53 Å². The summed E-state index contributed by atoms with van der Waals surface area (Å²) in [6, 6.07) is 0. The van der Waals surface area contributed by atoms with E-state index in [4.69, 9.17) is 4.74 Å². The van der Waals surface area contributed by atoms with Crippen LogP contribution in [0.25, 0.3) is 0 Å². The van der Waals surface area contributed by atoms with Gasteiger partial charge in [0.25, 0.3) is 0 Å². The molecule has 2 atom stereocenters. The summed E-state index contributed by atoms with van der Waals surface area (Å²) in [5.74, 6) is 0.526. The first-order valence-electron chi connectivity index (χ1n) is 6.99. The molecular weight excluding hydrogens is 242 g/mol. The molecule has 0 aromatic rings. The summed E-state index contributed by atoms with van der Waals surface area (Å²) in [4.78, 5) is 17.9. The molecule has 0 saturated carbocycles. The number of hydrogen-bond donors (Lipinski definition) is 1. The summed E-state index contributed by atoms with van der Waals surface area (Å²) in [5, 5.41) is 3.26. The van der Waals surface area contributed by atoms with Crippen molar-refractivity contribution >= 4 is 11.9 Å². The van der Waals surface area contributed by atoms with Crippen molar-refractivity contribution in [3.8, 4) is 0 Å². The second kappa shape index (κ2) is 6.78. The zero-order valence-corrected chi connectivity index (χ0v) is 12.8. The van der Waals surface area contributed by atoms with E-state index in [2.05, 4.69) is 29.1 Å². The minimum Gasteiger partial charge on any atom is -0.469 e. The second-order valence-corrected chi connectivity index (χ2v) is 5.69. The number of guanidine groups is 1. The third kappa shape index (κ3) is 4.11. The van der Waals surface area contributed by atoms with E-state index in [0.717, 1.165) is 19.0 Å². The fourth-order valence-corrected chi connectivity index (χ4v) is 2.35. The molecule has 0 amide bonds. The van der Waals surface area contributed by atoms with Gasteiger partial charge in [-0.3, -0.25) is 9.79 Å². The molecule has 110 valence electrons. The maximum Gasteiger partial charge on any atom is 0.310 e. The predicted molar refractivity (Wildman–Crippen MR) is 77.1 cm³/mol. The Morgan fingerprint density at radius 1 is 1.58 bits per heavy atom. The van der Waals surface area contributed by atoms with E-state index in [1.54, 1.807) is 7.05 Å². The zero-order chi connectivity index (χ0) is 14.5.